The van der Waals surface area contributed by atoms with Gasteiger partial charge in [-0.1, -0.05) is 0 Å². The highest BCUT2D eigenvalue weighted by atomic mass is 16.7. The predicted molar refractivity (Wildman–Crippen MR) is 36.1 cm³/mol. The van der Waals surface area contributed by atoms with Crippen LogP contribution in [-0.2, 0) is 9.63 Å². The average molecular weight is 147 g/mol. The highest BCUT2D eigenvalue weighted by Gasteiger charge is 2.13. The molecule has 0 saturated carbocycles. The fourth-order valence-electron chi connectivity index (χ4n) is 0.520. The molecule has 0 bridgehead atoms. The molecule has 0 aromatic carbocycles. The molecule has 0 saturated heterocycles. The number of hydroxylamine groups is 2. The summed E-state index contributed by atoms with van der Waals surface area (Å²) in [5, 5.41) is 9.78. The Morgan fingerprint density at radius 1 is 1.80 bits per heavy atom. The molecule has 60 valence electrons. The normalized spacial score (nSPS) is 12.8. The minimum absolute atomic E-state index is 0.426. The maximum Gasteiger partial charge on any atom is 0.274 e. The van der Waals surface area contributed by atoms with Crippen molar-refractivity contribution in [2.45, 2.75) is 20.0 Å². The highest BCUT2D eigenvalue weighted by molar-refractivity contribution is 5.78. The SMILES string of the molecule is CCON(C)C(=O)[C@@H](C)O. The molecule has 0 aliphatic rings. The summed E-state index contributed by atoms with van der Waals surface area (Å²) in [5.74, 6) is -0.429. The molecule has 1 atom stereocenters. The molecule has 0 aromatic heterocycles. The van der Waals surface area contributed by atoms with Crippen LogP contribution < -0.4 is 0 Å². The number of amides is 1. The number of hydrogen-bond donors (Lipinski definition) is 1. The van der Waals surface area contributed by atoms with E-state index in [1.54, 1.807) is 6.92 Å². The van der Waals surface area contributed by atoms with E-state index in [-0.39, 0.29) is 0 Å². The van der Waals surface area contributed by atoms with Crippen LogP contribution >= 0.6 is 0 Å². The quantitative estimate of drug-likeness (QED) is 0.561. The second-order valence-corrected chi connectivity index (χ2v) is 1.93. The van der Waals surface area contributed by atoms with Crippen molar-refractivity contribution in [3.8, 4) is 0 Å². The van der Waals surface area contributed by atoms with Gasteiger partial charge in [0.25, 0.3) is 5.91 Å². The van der Waals surface area contributed by atoms with Crippen LogP contribution in [0.25, 0.3) is 0 Å². The molecule has 0 spiro atoms. The van der Waals surface area contributed by atoms with E-state index in [0.29, 0.717) is 6.61 Å². The molecule has 4 heteroatoms. The van der Waals surface area contributed by atoms with Crippen LogP contribution in [0.15, 0.2) is 0 Å². The minimum Gasteiger partial charge on any atom is -0.383 e. The number of hydrogen-bond acceptors (Lipinski definition) is 3. The van der Waals surface area contributed by atoms with Crippen LogP contribution in [0.3, 0.4) is 0 Å². The molecular weight excluding hydrogens is 134 g/mol. The van der Waals surface area contributed by atoms with Crippen molar-refractivity contribution in [1.29, 1.82) is 0 Å². The van der Waals surface area contributed by atoms with Crippen molar-refractivity contribution >= 4 is 5.91 Å². The first-order valence-electron chi connectivity index (χ1n) is 3.18. The topological polar surface area (TPSA) is 49.8 Å². The van der Waals surface area contributed by atoms with E-state index < -0.39 is 12.0 Å². The summed E-state index contributed by atoms with van der Waals surface area (Å²) in [7, 11) is 1.47. The van der Waals surface area contributed by atoms with Gasteiger partial charge in [-0.15, -0.1) is 0 Å². The third-order valence-electron chi connectivity index (χ3n) is 0.990. The molecule has 0 aliphatic carbocycles. The Morgan fingerprint density at radius 3 is 2.60 bits per heavy atom. The largest absolute Gasteiger partial charge is 0.383 e. The lowest BCUT2D eigenvalue weighted by molar-refractivity contribution is -0.184. The zero-order valence-electron chi connectivity index (χ0n) is 6.50. The fraction of sp³-hybridized carbons (Fsp3) is 0.833. The fourth-order valence-corrected chi connectivity index (χ4v) is 0.520. The first-order valence-corrected chi connectivity index (χ1v) is 3.18. The molecule has 1 N–H and O–H groups in total. The molecule has 0 radical (unpaired) electrons. The van der Waals surface area contributed by atoms with E-state index in [1.165, 1.54) is 14.0 Å². The van der Waals surface area contributed by atoms with Gasteiger partial charge >= 0.3 is 0 Å². The van der Waals surface area contributed by atoms with Crippen LogP contribution in [0.2, 0.25) is 0 Å². The summed E-state index contributed by atoms with van der Waals surface area (Å²) in [6, 6.07) is 0. The molecule has 0 heterocycles. The Morgan fingerprint density at radius 2 is 2.30 bits per heavy atom. The molecule has 0 rings (SSSR count). The van der Waals surface area contributed by atoms with Crippen molar-refractivity contribution in [3.05, 3.63) is 0 Å². The molecule has 4 nitrogen and oxygen atoms in total. The van der Waals surface area contributed by atoms with E-state index in [2.05, 4.69) is 0 Å². The molecule has 0 unspecified atom stereocenters. The maximum absolute atomic E-state index is 10.8. The molecule has 0 aliphatic heterocycles. The van der Waals surface area contributed by atoms with Crippen LogP contribution in [-0.4, -0.2) is 35.8 Å². The predicted octanol–water partition coefficient (Wildman–Crippen LogP) is -0.223. The first kappa shape index (κ1) is 9.39. The zero-order valence-corrected chi connectivity index (χ0v) is 6.50. The first-order chi connectivity index (χ1) is 4.59. The number of carbonyl (C=O) groups excluding carboxylic acids is 1. The number of aliphatic hydroxyl groups is 1. The van der Waals surface area contributed by atoms with Gasteiger partial charge in [-0.2, -0.15) is 0 Å². The van der Waals surface area contributed by atoms with E-state index in [4.69, 9.17) is 9.94 Å². The zero-order chi connectivity index (χ0) is 8.15. The van der Waals surface area contributed by atoms with E-state index in [9.17, 15) is 4.79 Å². The van der Waals surface area contributed by atoms with Gasteiger partial charge < -0.3 is 5.11 Å². The summed E-state index contributed by atoms with van der Waals surface area (Å²) in [5.41, 5.74) is 0. The van der Waals surface area contributed by atoms with Gasteiger partial charge in [-0.3, -0.25) is 9.63 Å². The summed E-state index contributed by atoms with van der Waals surface area (Å²) in [4.78, 5) is 15.6. The van der Waals surface area contributed by atoms with Gasteiger partial charge in [0, 0.05) is 7.05 Å². The Bertz CT molecular complexity index is 114. The molecule has 1 amide bonds. The van der Waals surface area contributed by atoms with Crippen molar-refractivity contribution < 1.29 is 14.7 Å². The Hall–Kier alpha value is -0.610. The van der Waals surface area contributed by atoms with Crippen molar-refractivity contribution in [2.24, 2.45) is 0 Å². The van der Waals surface area contributed by atoms with Gasteiger partial charge in [0.1, 0.15) is 6.10 Å². The molecule has 0 fully saturated rings. The molecule has 10 heavy (non-hydrogen) atoms. The number of rotatable bonds is 3. The number of carbonyl (C=O) groups is 1. The second kappa shape index (κ2) is 4.24. The summed E-state index contributed by atoms with van der Waals surface area (Å²) < 4.78 is 0. The third-order valence-corrected chi connectivity index (χ3v) is 0.990. The number of aliphatic hydroxyl groups excluding tert-OH is 1. The monoisotopic (exact) mass is 147 g/mol. The van der Waals surface area contributed by atoms with Gasteiger partial charge in [0.05, 0.1) is 6.61 Å². The van der Waals surface area contributed by atoms with Crippen LogP contribution in [0, 0.1) is 0 Å². The Labute approximate surface area is 60.3 Å². The van der Waals surface area contributed by atoms with Gasteiger partial charge in [0.15, 0.2) is 0 Å². The lowest BCUT2D eigenvalue weighted by Gasteiger charge is -2.16. The number of likely N-dealkylation sites (N-methyl/N-ethyl adjacent to an activating group) is 1. The minimum atomic E-state index is -0.989. The number of nitrogens with zero attached hydrogens (tertiary/aromatic N) is 1. The lowest BCUT2D eigenvalue weighted by atomic mass is 10.4. The van der Waals surface area contributed by atoms with Crippen LogP contribution in [0.4, 0.5) is 0 Å². The van der Waals surface area contributed by atoms with Crippen molar-refractivity contribution in [1.82, 2.24) is 5.06 Å². The van der Waals surface area contributed by atoms with Crippen LogP contribution in [0.1, 0.15) is 13.8 Å². The van der Waals surface area contributed by atoms with Crippen LogP contribution in [0.5, 0.6) is 0 Å². The summed E-state index contributed by atoms with van der Waals surface area (Å²) in [6.45, 7) is 3.60. The standard InChI is InChI=1S/C6H13NO3/c1-4-10-7(3)6(9)5(2)8/h5,8H,4H2,1-3H3/t5-/m1/s1. The van der Waals surface area contributed by atoms with Gasteiger partial charge in [0.2, 0.25) is 0 Å². The second-order valence-electron chi connectivity index (χ2n) is 1.93. The van der Waals surface area contributed by atoms with Crippen molar-refractivity contribution in [3.63, 3.8) is 0 Å². The van der Waals surface area contributed by atoms with Gasteiger partial charge in [-0.05, 0) is 13.8 Å². The van der Waals surface area contributed by atoms with Crippen molar-refractivity contribution in [2.75, 3.05) is 13.7 Å². The van der Waals surface area contributed by atoms with E-state index in [0.717, 1.165) is 5.06 Å². The van der Waals surface area contributed by atoms with Gasteiger partial charge in [-0.25, -0.2) is 5.06 Å². The Balaban J connectivity index is 3.71. The lowest BCUT2D eigenvalue weighted by Crippen LogP contribution is -2.34. The Kier molecular flexibility index (Phi) is 3.99. The molecule has 0 aromatic rings. The summed E-state index contributed by atoms with van der Waals surface area (Å²) >= 11 is 0. The van der Waals surface area contributed by atoms with E-state index in [1.807, 2.05) is 0 Å². The highest BCUT2D eigenvalue weighted by Crippen LogP contribution is 1.91. The average Bonchev–Trinajstić information content (AvgIpc) is 1.87. The smallest absolute Gasteiger partial charge is 0.274 e. The maximum atomic E-state index is 10.8. The third kappa shape index (κ3) is 2.80. The summed E-state index contributed by atoms with van der Waals surface area (Å²) in [6.07, 6.45) is -0.989. The van der Waals surface area contributed by atoms with E-state index >= 15 is 0 Å². The molecular formula is C6H13NO3.